The average Bonchev–Trinajstić information content (AvgIpc) is 2.96. The van der Waals surface area contributed by atoms with Crippen molar-refractivity contribution < 1.29 is 18.7 Å². The summed E-state index contributed by atoms with van der Waals surface area (Å²) in [6.07, 6.45) is 0. The Bertz CT molecular complexity index is 1220. The van der Waals surface area contributed by atoms with Gasteiger partial charge in [0.05, 0.1) is 21.7 Å². The number of hydrogen-bond acceptors (Lipinski definition) is 5. The number of H-pyrrole nitrogens is 1. The summed E-state index contributed by atoms with van der Waals surface area (Å²) in [5, 5.41) is 20.6. The van der Waals surface area contributed by atoms with Gasteiger partial charge < -0.3 is 15.3 Å². The smallest absolute Gasteiger partial charge is 0.262 e. The number of aromatic hydroxyl groups is 1. The monoisotopic (exact) mass is 355 g/mol. The molecule has 0 saturated carbocycles. The lowest BCUT2D eigenvalue weighted by Crippen LogP contribution is -2.19. The number of rotatable bonds is 3. The number of hydrogen-bond donors (Lipinski definition) is 4. The number of aromatic amines is 1. The Kier molecular flexibility index (Phi) is 3.46. The van der Waals surface area contributed by atoms with E-state index >= 15 is 0 Å². The van der Waals surface area contributed by atoms with Crippen LogP contribution in [0.2, 0.25) is 0 Å². The first-order valence-electron chi connectivity index (χ1n) is 7.36. The Labute approximate surface area is 142 Å². The average molecular weight is 355 g/mol. The molecule has 0 spiro atoms. The number of para-hydroxylation sites is 1. The van der Waals surface area contributed by atoms with Gasteiger partial charge in [-0.3, -0.25) is 0 Å². The van der Waals surface area contributed by atoms with Crippen LogP contribution in [0.15, 0.2) is 59.5 Å². The van der Waals surface area contributed by atoms with Crippen molar-refractivity contribution in [3.8, 4) is 17.1 Å². The van der Waals surface area contributed by atoms with Gasteiger partial charge >= 0.3 is 0 Å². The third-order valence-electron chi connectivity index (χ3n) is 4.04. The van der Waals surface area contributed by atoms with Gasteiger partial charge in [-0.1, -0.05) is 29.2 Å². The van der Waals surface area contributed by atoms with E-state index in [-0.39, 0.29) is 10.8 Å². The molecule has 0 atom stereocenters. The molecule has 2 aromatic carbocycles. The molecular formula is C17H13N3O4S. The molecule has 8 heteroatoms. The predicted octanol–water partition coefficient (Wildman–Crippen LogP) is 2.76. The van der Waals surface area contributed by atoms with Crippen molar-refractivity contribution in [2.24, 2.45) is 0 Å². The van der Waals surface area contributed by atoms with Crippen molar-refractivity contribution in [3.05, 3.63) is 54.6 Å². The number of benzene rings is 2. The molecule has 0 bridgehead atoms. The highest BCUT2D eigenvalue weighted by molar-refractivity contribution is 7.89. The number of pyridine rings is 1. The summed E-state index contributed by atoms with van der Waals surface area (Å²) in [6, 6.07) is 15.4. The van der Waals surface area contributed by atoms with Gasteiger partial charge in [0.15, 0.2) is 5.88 Å². The molecule has 0 aliphatic rings. The molecule has 25 heavy (non-hydrogen) atoms. The largest absolute Gasteiger partial charge is 0.494 e. The molecule has 0 fully saturated rings. The summed E-state index contributed by atoms with van der Waals surface area (Å²) in [6.45, 7) is 0. The molecule has 7 nitrogen and oxygen atoms in total. The molecule has 0 aliphatic heterocycles. The third-order valence-corrected chi connectivity index (χ3v) is 5.15. The van der Waals surface area contributed by atoms with Crippen LogP contribution in [0.4, 0.5) is 0 Å². The number of fused-ring (bicyclic) bond motifs is 2. The molecular weight excluding hydrogens is 342 g/mol. The Hall–Kier alpha value is -2.94. The molecule has 0 aliphatic carbocycles. The van der Waals surface area contributed by atoms with E-state index in [1.807, 2.05) is 30.3 Å². The summed E-state index contributed by atoms with van der Waals surface area (Å²) >= 11 is 0. The van der Waals surface area contributed by atoms with Gasteiger partial charge in [-0.2, -0.15) is 0 Å². The van der Waals surface area contributed by atoms with E-state index < -0.39 is 10.0 Å². The summed E-state index contributed by atoms with van der Waals surface area (Å²) in [4.78, 5) is 8.53. The highest BCUT2D eigenvalue weighted by Crippen LogP contribution is 2.37. The van der Waals surface area contributed by atoms with E-state index in [1.54, 1.807) is 6.07 Å². The van der Waals surface area contributed by atoms with E-state index in [9.17, 15) is 13.5 Å². The molecule has 4 N–H and O–H groups in total. The van der Waals surface area contributed by atoms with Gasteiger partial charge in [-0.15, -0.1) is 0 Å². The van der Waals surface area contributed by atoms with E-state index in [2.05, 4.69) is 9.97 Å². The van der Waals surface area contributed by atoms with Gasteiger partial charge in [0.2, 0.25) is 0 Å². The second-order valence-corrected chi connectivity index (χ2v) is 7.20. The fraction of sp³-hybridized carbons (Fsp3) is 0. The topological polar surface area (TPSA) is 115 Å². The van der Waals surface area contributed by atoms with Gasteiger partial charge in [0.1, 0.15) is 0 Å². The number of nitrogens with zero attached hydrogens (tertiary/aromatic N) is 1. The van der Waals surface area contributed by atoms with Gasteiger partial charge in [-0.25, -0.2) is 13.4 Å². The lowest BCUT2D eigenvalue weighted by molar-refractivity contribution is 0.242. The van der Waals surface area contributed by atoms with Crippen LogP contribution in [0.1, 0.15) is 0 Å². The lowest BCUT2D eigenvalue weighted by Gasteiger charge is -2.04. The van der Waals surface area contributed by atoms with Crippen LogP contribution in [0.3, 0.4) is 0 Å². The van der Waals surface area contributed by atoms with Crippen LogP contribution in [0.25, 0.3) is 33.1 Å². The van der Waals surface area contributed by atoms with E-state index in [1.165, 1.54) is 23.1 Å². The Balaban J connectivity index is 1.99. The fourth-order valence-corrected chi connectivity index (χ4v) is 3.47. The van der Waals surface area contributed by atoms with E-state index in [4.69, 9.17) is 5.21 Å². The van der Waals surface area contributed by atoms with Gasteiger partial charge in [0.25, 0.3) is 10.0 Å². The highest BCUT2D eigenvalue weighted by atomic mass is 32.2. The molecule has 0 saturated heterocycles. The minimum atomic E-state index is -4.02. The minimum Gasteiger partial charge on any atom is -0.494 e. The summed E-state index contributed by atoms with van der Waals surface area (Å²) in [7, 11) is -4.02. The molecule has 126 valence electrons. The zero-order valence-electron chi connectivity index (χ0n) is 12.8. The van der Waals surface area contributed by atoms with Crippen molar-refractivity contribution in [3.63, 3.8) is 0 Å². The second kappa shape index (κ2) is 5.55. The summed E-state index contributed by atoms with van der Waals surface area (Å²) in [5.41, 5.74) is 2.22. The Morgan fingerprint density at radius 1 is 1.04 bits per heavy atom. The van der Waals surface area contributed by atoms with Crippen molar-refractivity contribution in [2.75, 3.05) is 0 Å². The fourth-order valence-electron chi connectivity index (χ4n) is 2.84. The van der Waals surface area contributed by atoms with Crippen LogP contribution < -0.4 is 4.89 Å². The second-order valence-electron chi connectivity index (χ2n) is 5.54. The number of sulfonamides is 1. The first kappa shape index (κ1) is 15.6. The SMILES string of the molecule is O=S(=O)(NO)c1ccc2[nH]c(O)c(-c3ccc4ccccc4n3)c2c1. The molecule has 2 heterocycles. The maximum Gasteiger partial charge on any atom is 0.262 e. The first-order chi connectivity index (χ1) is 12.0. The third kappa shape index (κ3) is 2.52. The van der Waals surface area contributed by atoms with Crippen molar-refractivity contribution in [2.45, 2.75) is 4.90 Å². The standard InChI is InChI=1S/C17H13N3O4S/c21-17-16(15-7-5-10-3-1-2-4-13(10)18-15)12-9-11(25(23,24)20-22)6-8-14(12)19-17/h1-9,19-22H. The van der Waals surface area contributed by atoms with Crippen LogP contribution in [0, 0.1) is 0 Å². The molecule has 0 radical (unpaired) electrons. The molecule has 2 aromatic heterocycles. The summed E-state index contributed by atoms with van der Waals surface area (Å²) in [5.74, 6) is -0.107. The Morgan fingerprint density at radius 2 is 1.84 bits per heavy atom. The van der Waals surface area contributed by atoms with Gasteiger partial charge in [0, 0.05) is 16.3 Å². The predicted molar refractivity (Wildman–Crippen MR) is 92.8 cm³/mol. The van der Waals surface area contributed by atoms with Crippen molar-refractivity contribution >= 4 is 31.8 Å². The molecule has 0 amide bonds. The van der Waals surface area contributed by atoms with Gasteiger partial charge in [-0.05, 0) is 30.3 Å². The number of aromatic nitrogens is 2. The first-order valence-corrected chi connectivity index (χ1v) is 8.85. The van der Waals surface area contributed by atoms with Crippen molar-refractivity contribution in [1.82, 2.24) is 14.9 Å². The molecule has 0 unspecified atom stereocenters. The minimum absolute atomic E-state index is 0.107. The van der Waals surface area contributed by atoms with Crippen molar-refractivity contribution in [1.29, 1.82) is 0 Å². The van der Waals surface area contributed by atoms with Crippen LogP contribution in [-0.2, 0) is 10.0 Å². The maximum absolute atomic E-state index is 11.8. The maximum atomic E-state index is 11.8. The van der Waals surface area contributed by atoms with Crippen LogP contribution >= 0.6 is 0 Å². The van der Waals surface area contributed by atoms with Crippen LogP contribution in [0.5, 0.6) is 5.88 Å². The number of nitrogens with one attached hydrogen (secondary N) is 2. The summed E-state index contributed by atoms with van der Waals surface area (Å²) < 4.78 is 23.6. The normalized spacial score (nSPS) is 12.0. The highest BCUT2D eigenvalue weighted by Gasteiger charge is 2.19. The zero-order chi connectivity index (χ0) is 17.6. The Morgan fingerprint density at radius 3 is 2.64 bits per heavy atom. The molecule has 4 rings (SSSR count). The van der Waals surface area contributed by atoms with E-state index in [0.717, 1.165) is 10.9 Å². The van der Waals surface area contributed by atoms with Crippen LogP contribution in [-0.4, -0.2) is 28.7 Å². The zero-order valence-corrected chi connectivity index (χ0v) is 13.6. The lowest BCUT2D eigenvalue weighted by atomic mass is 10.1. The quantitative estimate of drug-likeness (QED) is 0.422. The van der Waals surface area contributed by atoms with E-state index in [0.29, 0.717) is 22.2 Å². The molecule has 4 aromatic rings.